The number of aliphatic hydroxyl groups is 1. The predicted octanol–water partition coefficient (Wildman–Crippen LogP) is 3.20. The molecule has 1 aliphatic rings. The first-order chi connectivity index (χ1) is 8.04. The van der Waals surface area contributed by atoms with Crippen molar-refractivity contribution >= 4 is 23.2 Å². The minimum Gasteiger partial charge on any atom is -0.393 e. The number of rotatable bonds is 4. The Morgan fingerprint density at radius 2 is 2.06 bits per heavy atom. The fourth-order valence-electron chi connectivity index (χ4n) is 2.30. The van der Waals surface area contributed by atoms with Gasteiger partial charge in [0, 0.05) is 23.1 Å². The molecule has 1 aromatic carbocycles. The smallest absolute Gasteiger partial charge is 0.0546 e. The monoisotopic (exact) mass is 273 g/mol. The van der Waals surface area contributed by atoms with Crippen LogP contribution in [0.4, 0.5) is 0 Å². The van der Waals surface area contributed by atoms with Crippen LogP contribution in [-0.2, 0) is 6.54 Å². The lowest BCUT2D eigenvalue weighted by atomic mass is 9.82. The SMILES string of the molecule is CN(Cc1ccc(Cl)cc1Cl)CC1CC(O)C1. The van der Waals surface area contributed by atoms with Gasteiger partial charge in [-0.05, 0) is 43.5 Å². The standard InChI is InChI=1S/C13H17Cl2NO/c1-16(7-9-4-12(17)5-9)8-10-2-3-11(14)6-13(10)15/h2-3,6,9,12,17H,4-5,7-8H2,1H3. The highest BCUT2D eigenvalue weighted by molar-refractivity contribution is 6.35. The molecule has 2 rings (SSSR count). The molecule has 0 amide bonds. The molecule has 1 aliphatic carbocycles. The second-order valence-electron chi connectivity index (χ2n) is 4.92. The van der Waals surface area contributed by atoms with Gasteiger partial charge in [-0.15, -0.1) is 0 Å². The van der Waals surface area contributed by atoms with Crippen LogP contribution in [0.25, 0.3) is 0 Å². The highest BCUT2D eigenvalue weighted by Crippen LogP contribution is 2.28. The lowest BCUT2D eigenvalue weighted by Crippen LogP contribution is -2.36. The van der Waals surface area contributed by atoms with Crippen LogP contribution < -0.4 is 0 Å². The van der Waals surface area contributed by atoms with Crippen molar-refractivity contribution in [3.8, 4) is 0 Å². The molecule has 0 aromatic heterocycles. The van der Waals surface area contributed by atoms with E-state index in [1.54, 1.807) is 6.07 Å². The van der Waals surface area contributed by atoms with Gasteiger partial charge >= 0.3 is 0 Å². The molecule has 0 atom stereocenters. The topological polar surface area (TPSA) is 23.5 Å². The van der Waals surface area contributed by atoms with Crippen LogP contribution in [0.5, 0.6) is 0 Å². The van der Waals surface area contributed by atoms with Gasteiger partial charge in [-0.25, -0.2) is 0 Å². The first-order valence-corrected chi connectivity index (χ1v) is 6.60. The van der Waals surface area contributed by atoms with Crippen LogP contribution >= 0.6 is 23.2 Å². The number of halogens is 2. The van der Waals surface area contributed by atoms with Crippen molar-refractivity contribution in [3.05, 3.63) is 33.8 Å². The van der Waals surface area contributed by atoms with Gasteiger partial charge in [0.15, 0.2) is 0 Å². The summed E-state index contributed by atoms with van der Waals surface area (Å²) in [6, 6.07) is 5.61. The van der Waals surface area contributed by atoms with E-state index in [2.05, 4.69) is 11.9 Å². The van der Waals surface area contributed by atoms with E-state index in [1.165, 1.54) is 0 Å². The Bertz CT molecular complexity index is 391. The van der Waals surface area contributed by atoms with Crippen molar-refractivity contribution in [2.24, 2.45) is 5.92 Å². The Morgan fingerprint density at radius 1 is 1.35 bits per heavy atom. The average molecular weight is 274 g/mol. The number of nitrogens with zero attached hydrogens (tertiary/aromatic N) is 1. The lowest BCUT2D eigenvalue weighted by Gasteiger charge is -2.34. The van der Waals surface area contributed by atoms with Gasteiger partial charge in [0.2, 0.25) is 0 Å². The van der Waals surface area contributed by atoms with Crippen molar-refractivity contribution in [3.63, 3.8) is 0 Å². The zero-order chi connectivity index (χ0) is 12.4. The van der Waals surface area contributed by atoms with E-state index in [0.717, 1.165) is 36.5 Å². The zero-order valence-corrected chi connectivity index (χ0v) is 11.4. The lowest BCUT2D eigenvalue weighted by molar-refractivity contribution is 0.0274. The highest BCUT2D eigenvalue weighted by Gasteiger charge is 2.27. The van der Waals surface area contributed by atoms with Crippen molar-refractivity contribution < 1.29 is 5.11 Å². The molecule has 1 fully saturated rings. The molecule has 0 radical (unpaired) electrons. The number of benzene rings is 1. The van der Waals surface area contributed by atoms with E-state index in [0.29, 0.717) is 10.9 Å². The number of hydrogen-bond donors (Lipinski definition) is 1. The molecule has 1 aromatic rings. The average Bonchev–Trinajstić information content (AvgIpc) is 2.20. The second kappa shape index (κ2) is 5.57. The summed E-state index contributed by atoms with van der Waals surface area (Å²) in [4.78, 5) is 2.24. The van der Waals surface area contributed by atoms with Gasteiger partial charge in [-0.3, -0.25) is 0 Å². The summed E-state index contributed by atoms with van der Waals surface area (Å²) in [5, 5.41) is 10.6. The van der Waals surface area contributed by atoms with Crippen LogP contribution in [0.15, 0.2) is 18.2 Å². The van der Waals surface area contributed by atoms with E-state index in [4.69, 9.17) is 23.2 Å². The minimum absolute atomic E-state index is 0.0764. The number of aliphatic hydroxyl groups excluding tert-OH is 1. The van der Waals surface area contributed by atoms with Gasteiger partial charge in [-0.1, -0.05) is 29.3 Å². The Labute approximate surface area is 112 Å². The normalized spacial score (nSPS) is 23.8. The van der Waals surface area contributed by atoms with Crippen LogP contribution in [0.3, 0.4) is 0 Å². The zero-order valence-electron chi connectivity index (χ0n) is 9.87. The summed E-state index contributed by atoms with van der Waals surface area (Å²) in [7, 11) is 2.08. The van der Waals surface area contributed by atoms with Gasteiger partial charge in [0.05, 0.1) is 6.10 Å². The van der Waals surface area contributed by atoms with Crippen LogP contribution in [-0.4, -0.2) is 29.7 Å². The third-order valence-electron chi connectivity index (χ3n) is 3.24. The summed E-state index contributed by atoms with van der Waals surface area (Å²) in [6.07, 6.45) is 1.78. The Kier molecular flexibility index (Phi) is 4.31. The molecule has 0 saturated heterocycles. The van der Waals surface area contributed by atoms with Crippen molar-refractivity contribution in [1.82, 2.24) is 4.90 Å². The largest absolute Gasteiger partial charge is 0.393 e. The van der Waals surface area contributed by atoms with Gasteiger partial charge < -0.3 is 10.0 Å². The van der Waals surface area contributed by atoms with Gasteiger partial charge in [0.1, 0.15) is 0 Å². The quantitative estimate of drug-likeness (QED) is 0.911. The van der Waals surface area contributed by atoms with Gasteiger partial charge in [-0.2, -0.15) is 0 Å². The maximum Gasteiger partial charge on any atom is 0.0546 e. The van der Waals surface area contributed by atoms with Crippen molar-refractivity contribution in [2.45, 2.75) is 25.5 Å². The molecule has 2 nitrogen and oxygen atoms in total. The Balaban J connectivity index is 1.87. The Hall–Kier alpha value is -0.280. The molecule has 0 heterocycles. The van der Waals surface area contributed by atoms with E-state index in [1.807, 2.05) is 12.1 Å². The molecule has 94 valence electrons. The Morgan fingerprint density at radius 3 is 2.65 bits per heavy atom. The second-order valence-corrected chi connectivity index (χ2v) is 5.77. The van der Waals surface area contributed by atoms with Crippen LogP contribution in [0, 0.1) is 5.92 Å². The van der Waals surface area contributed by atoms with E-state index in [9.17, 15) is 5.11 Å². The van der Waals surface area contributed by atoms with E-state index < -0.39 is 0 Å². The highest BCUT2D eigenvalue weighted by atomic mass is 35.5. The predicted molar refractivity (Wildman–Crippen MR) is 71.5 cm³/mol. The molecule has 1 saturated carbocycles. The molecular weight excluding hydrogens is 257 g/mol. The van der Waals surface area contributed by atoms with E-state index >= 15 is 0 Å². The summed E-state index contributed by atoms with van der Waals surface area (Å²) in [5.41, 5.74) is 1.10. The molecule has 0 bridgehead atoms. The minimum atomic E-state index is -0.0764. The van der Waals surface area contributed by atoms with Crippen LogP contribution in [0.2, 0.25) is 10.0 Å². The van der Waals surface area contributed by atoms with Crippen molar-refractivity contribution in [2.75, 3.05) is 13.6 Å². The molecule has 17 heavy (non-hydrogen) atoms. The van der Waals surface area contributed by atoms with Gasteiger partial charge in [0.25, 0.3) is 0 Å². The summed E-state index contributed by atoms with van der Waals surface area (Å²) in [6.45, 7) is 1.83. The van der Waals surface area contributed by atoms with Crippen molar-refractivity contribution in [1.29, 1.82) is 0 Å². The first-order valence-electron chi connectivity index (χ1n) is 5.85. The summed E-state index contributed by atoms with van der Waals surface area (Å²) in [5.74, 6) is 0.626. The molecule has 1 N–H and O–H groups in total. The summed E-state index contributed by atoms with van der Waals surface area (Å²) < 4.78 is 0. The maximum atomic E-state index is 9.24. The fourth-order valence-corrected chi connectivity index (χ4v) is 2.76. The van der Waals surface area contributed by atoms with Crippen LogP contribution in [0.1, 0.15) is 18.4 Å². The van der Waals surface area contributed by atoms with E-state index in [-0.39, 0.29) is 6.10 Å². The summed E-state index contributed by atoms with van der Waals surface area (Å²) >= 11 is 12.0. The molecular formula is C13H17Cl2NO. The molecule has 0 aliphatic heterocycles. The molecule has 4 heteroatoms. The number of hydrogen-bond acceptors (Lipinski definition) is 2. The third-order valence-corrected chi connectivity index (χ3v) is 3.82. The first kappa shape index (κ1) is 13.2. The molecule has 0 spiro atoms. The molecule has 0 unspecified atom stereocenters. The third kappa shape index (κ3) is 3.59. The maximum absolute atomic E-state index is 9.24. The fraction of sp³-hybridized carbons (Fsp3) is 0.538.